The number of nitrogens with two attached hydrogens (primary N) is 1. The van der Waals surface area contributed by atoms with Crippen LogP contribution in [-0.2, 0) is 4.79 Å². The van der Waals surface area contributed by atoms with E-state index in [2.05, 4.69) is 24.2 Å². The normalized spacial score (nSPS) is 24.5. The molecule has 0 aliphatic carbocycles. The smallest absolute Gasteiger partial charge is 0.251 e. The Bertz CT molecular complexity index is 235. The van der Waals surface area contributed by atoms with Crippen molar-refractivity contribution >= 4 is 11.9 Å². The fourth-order valence-electron chi connectivity index (χ4n) is 1.70. The molecule has 4 heteroatoms. The molecule has 0 bridgehead atoms. The molecule has 13 heavy (non-hydrogen) atoms. The molecule has 0 fully saturated rings. The molecule has 4 nitrogen and oxygen atoms in total. The van der Waals surface area contributed by atoms with E-state index in [1.54, 1.807) is 0 Å². The first-order valence-electron chi connectivity index (χ1n) is 4.65. The molecule has 0 aromatic carbocycles. The van der Waals surface area contributed by atoms with Gasteiger partial charge in [-0.3, -0.25) is 10.1 Å². The van der Waals surface area contributed by atoms with E-state index in [1.807, 2.05) is 6.92 Å². The molecule has 0 aromatic heterocycles. The third-order valence-electron chi connectivity index (χ3n) is 2.18. The molecule has 0 saturated carbocycles. The summed E-state index contributed by atoms with van der Waals surface area (Å²) in [4.78, 5) is 15.4. The summed E-state index contributed by atoms with van der Waals surface area (Å²) in [5, 5.41) is 2.51. The SMILES string of the molecule is CC(C)CC(C)C1N=C(N)NC1=O. The van der Waals surface area contributed by atoms with E-state index < -0.39 is 0 Å². The Morgan fingerprint density at radius 1 is 1.54 bits per heavy atom. The quantitative estimate of drug-likeness (QED) is 0.668. The summed E-state index contributed by atoms with van der Waals surface area (Å²) in [5.41, 5.74) is 5.40. The molecule has 2 atom stereocenters. The van der Waals surface area contributed by atoms with E-state index in [1.165, 1.54) is 0 Å². The maximum Gasteiger partial charge on any atom is 0.251 e. The Labute approximate surface area is 78.6 Å². The summed E-state index contributed by atoms with van der Waals surface area (Å²) in [6, 6.07) is -0.276. The molecule has 0 saturated heterocycles. The van der Waals surface area contributed by atoms with E-state index >= 15 is 0 Å². The van der Waals surface area contributed by atoms with Crippen LogP contribution >= 0.6 is 0 Å². The van der Waals surface area contributed by atoms with E-state index in [0.29, 0.717) is 5.92 Å². The van der Waals surface area contributed by atoms with Crippen molar-refractivity contribution in [2.75, 3.05) is 0 Å². The van der Waals surface area contributed by atoms with Gasteiger partial charge in [-0.15, -0.1) is 0 Å². The van der Waals surface area contributed by atoms with Gasteiger partial charge in [-0.25, -0.2) is 4.99 Å². The van der Waals surface area contributed by atoms with Gasteiger partial charge in [0.25, 0.3) is 5.91 Å². The fraction of sp³-hybridized carbons (Fsp3) is 0.778. The van der Waals surface area contributed by atoms with Crippen LogP contribution < -0.4 is 11.1 Å². The highest BCUT2D eigenvalue weighted by Crippen LogP contribution is 2.19. The van der Waals surface area contributed by atoms with Crippen molar-refractivity contribution in [2.24, 2.45) is 22.6 Å². The van der Waals surface area contributed by atoms with Gasteiger partial charge in [0, 0.05) is 0 Å². The summed E-state index contributed by atoms with van der Waals surface area (Å²) >= 11 is 0. The lowest BCUT2D eigenvalue weighted by atomic mass is 9.92. The second-order valence-corrected chi connectivity index (χ2v) is 4.06. The summed E-state index contributed by atoms with van der Waals surface area (Å²) in [6.07, 6.45) is 0.995. The van der Waals surface area contributed by atoms with Crippen LogP contribution in [0.25, 0.3) is 0 Å². The number of rotatable bonds is 3. The summed E-state index contributed by atoms with van der Waals surface area (Å²) < 4.78 is 0. The van der Waals surface area contributed by atoms with Gasteiger partial charge in [-0.1, -0.05) is 20.8 Å². The molecule has 0 spiro atoms. The van der Waals surface area contributed by atoms with Crippen LogP contribution in [0.15, 0.2) is 4.99 Å². The third kappa shape index (κ3) is 2.44. The molecule has 1 rings (SSSR count). The number of guanidine groups is 1. The summed E-state index contributed by atoms with van der Waals surface area (Å²) in [5.74, 6) is 1.04. The first kappa shape index (κ1) is 10.0. The van der Waals surface area contributed by atoms with Crippen molar-refractivity contribution < 1.29 is 4.79 Å². The Kier molecular flexibility index (Phi) is 2.90. The Balaban J connectivity index is 2.56. The Hall–Kier alpha value is -1.06. The van der Waals surface area contributed by atoms with Gasteiger partial charge in [0.15, 0.2) is 5.96 Å². The predicted molar refractivity (Wildman–Crippen MR) is 52.2 cm³/mol. The largest absolute Gasteiger partial charge is 0.370 e. The summed E-state index contributed by atoms with van der Waals surface area (Å²) in [6.45, 7) is 6.30. The molecule has 3 N–H and O–H groups in total. The lowest BCUT2D eigenvalue weighted by Crippen LogP contribution is -2.35. The van der Waals surface area contributed by atoms with Gasteiger partial charge in [-0.05, 0) is 18.3 Å². The van der Waals surface area contributed by atoms with Gasteiger partial charge < -0.3 is 5.73 Å². The van der Waals surface area contributed by atoms with E-state index in [4.69, 9.17) is 5.73 Å². The zero-order valence-electron chi connectivity index (χ0n) is 8.37. The van der Waals surface area contributed by atoms with Crippen molar-refractivity contribution in [2.45, 2.75) is 33.2 Å². The van der Waals surface area contributed by atoms with Gasteiger partial charge in [0.2, 0.25) is 0 Å². The zero-order chi connectivity index (χ0) is 10.0. The first-order valence-corrected chi connectivity index (χ1v) is 4.65. The average Bonchev–Trinajstić information content (AvgIpc) is 2.28. The van der Waals surface area contributed by atoms with Crippen molar-refractivity contribution in [1.82, 2.24) is 5.32 Å². The van der Waals surface area contributed by atoms with Gasteiger partial charge in [0.05, 0.1) is 0 Å². The molecular formula is C9H17N3O. The van der Waals surface area contributed by atoms with Crippen LogP contribution in [0, 0.1) is 11.8 Å². The van der Waals surface area contributed by atoms with E-state index in [9.17, 15) is 4.79 Å². The summed E-state index contributed by atoms with van der Waals surface area (Å²) in [7, 11) is 0. The van der Waals surface area contributed by atoms with Crippen LogP contribution in [0.5, 0.6) is 0 Å². The molecule has 1 amide bonds. The van der Waals surface area contributed by atoms with Gasteiger partial charge in [-0.2, -0.15) is 0 Å². The fourth-order valence-corrected chi connectivity index (χ4v) is 1.70. The van der Waals surface area contributed by atoms with E-state index in [-0.39, 0.29) is 23.8 Å². The standard InChI is InChI=1S/C9H17N3O/c1-5(2)4-6(3)7-8(13)12-9(10)11-7/h5-7H,4H2,1-3H3,(H3,10,11,12,13). The van der Waals surface area contributed by atoms with Crippen LogP contribution in [0.4, 0.5) is 0 Å². The number of hydrogen-bond acceptors (Lipinski definition) is 3. The molecule has 2 unspecified atom stereocenters. The number of nitrogens with zero attached hydrogens (tertiary/aromatic N) is 1. The topological polar surface area (TPSA) is 67.5 Å². The number of nitrogens with one attached hydrogen (secondary N) is 1. The number of amides is 1. The number of carbonyl (C=O) groups excluding carboxylic acids is 1. The second-order valence-electron chi connectivity index (χ2n) is 4.06. The van der Waals surface area contributed by atoms with Crippen molar-refractivity contribution in [3.05, 3.63) is 0 Å². The van der Waals surface area contributed by atoms with Gasteiger partial charge >= 0.3 is 0 Å². The zero-order valence-corrected chi connectivity index (χ0v) is 8.37. The van der Waals surface area contributed by atoms with Crippen molar-refractivity contribution in [3.8, 4) is 0 Å². The minimum atomic E-state index is -0.276. The molecule has 0 radical (unpaired) electrons. The molecule has 74 valence electrons. The van der Waals surface area contributed by atoms with Crippen molar-refractivity contribution in [1.29, 1.82) is 0 Å². The van der Waals surface area contributed by atoms with Crippen molar-refractivity contribution in [3.63, 3.8) is 0 Å². The Morgan fingerprint density at radius 3 is 2.54 bits per heavy atom. The lowest BCUT2D eigenvalue weighted by Gasteiger charge is -2.16. The maximum atomic E-state index is 11.3. The number of carbonyl (C=O) groups is 1. The highest BCUT2D eigenvalue weighted by Gasteiger charge is 2.30. The molecule has 1 aliphatic heterocycles. The van der Waals surface area contributed by atoms with Crippen LogP contribution in [-0.4, -0.2) is 17.9 Å². The maximum absolute atomic E-state index is 11.3. The van der Waals surface area contributed by atoms with E-state index in [0.717, 1.165) is 6.42 Å². The Morgan fingerprint density at radius 2 is 2.15 bits per heavy atom. The van der Waals surface area contributed by atoms with Crippen LogP contribution in [0.3, 0.4) is 0 Å². The minimum absolute atomic E-state index is 0.0642. The highest BCUT2D eigenvalue weighted by atomic mass is 16.2. The monoisotopic (exact) mass is 183 g/mol. The van der Waals surface area contributed by atoms with Crippen LogP contribution in [0.2, 0.25) is 0 Å². The number of hydrogen-bond donors (Lipinski definition) is 2. The second kappa shape index (κ2) is 3.77. The highest BCUT2D eigenvalue weighted by molar-refractivity contribution is 6.04. The molecule has 0 aromatic rings. The molecule has 1 aliphatic rings. The molecular weight excluding hydrogens is 166 g/mol. The minimum Gasteiger partial charge on any atom is -0.370 e. The van der Waals surface area contributed by atoms with Crippen LogP contribution in [0.1, 0.15) is 27.2 Å². The lowest BCUT2D eigenvalue weighted by molar-refractivity contribution is -0.121. The molecule has 1 heterocycles. The van der Waals surface area contributed by atoms with Gasteiger partial charge in [0.1, 0.15) is 6.04 Å². The average molecular weight is 183 g/mol. The predicted octanol–water partition coefficient (Wildman–Crippen LogP) is 0.482. The third-order valence-corrected chi connectivity index (χ3v) is 2.18. The number of aliphatic imine (C=N–C) groups is 1. The first-order chi connectivity index (χ1) is 6.00.